The van der Waals surface area contributed by atoms with E-state index in [1.807, 2.05) is 0 Å². The Kier molecular flexibility index (Phi) is 4.33. The topological polar surface area (TPSA) is 23.8 Å². The van der Waals surface area contributed by atoms with Gasteiger partial charge in [-0.15, -0.1) is 6.58 Å². The van der Waals surface area contributed by atoms with Crippen molar-refractivity contribution in [1.82, 2.24) is 0 Å². The molecular weight excluding hydrogens is 290 g/mol. The van der Waals surface area contributed by atoms with Crippen molar-refractivity contribution < 1.29 is 0 Å². The van der Waals surface area contributed by atoms with Crippen molar-refractivity contribution in [3.8, 4) is 6.07 Å². The number of nitrogens with zero attached hydrogens (tertiary/aromatic N) is 1. The molecule has 2 aliphatic rings. The molecule has 0 amide bonds. The minimum Gasteiger partial charge on any atom is -0.197 e. The van der Waals surface area contributed by atoms with Crippen LogP contribution >= 0.6 is 0 Å². The number of benzene rings is 2. The summed E-state index contributed by atoms with van der Waals surface area (Å²) in [5.41, 5.74) is 5.46. The van der Waals surface area contributed by atoms with Crippen LogP contribution < -0.4 is 0 Å². The summed E-state index contributed by atoms with van der Waals surface area (Å²) in [4.78, 5) is 0. The first-order chi connectivity index (χ1) is 11.5. The van der Waals surface area contributed by atoms with Crippen LogP contribution in [-0.2, 0) is 10.8 Å². The summed E-state index contributed by atoms with van der Waals surface area (Å²) in [7, 11) is 0. The van der Waals surface area contributed by atoms with Gasteiger partial charge in [0, 0.05) is 5.41 Å². The zero-order valence-corrected chi connectivity index (χ0v) is 14.7. The van der Waals surface area contributed by atoms with Crippen LogP contribution in [0.1, 0.15) is 47.9 Å². The maximum Gasteiger partial charge on any atom is 0.0823 e. The summed E-state index contributed by atoms with van der Waals surface area (Å²) in [5.74, 6) is 0. The highest BCUT2D eigenvalue weighted by atomic mass is 14.5. The molecule has 0 bridgehead atoms. The molecule has 0 unspecified atom stereocenters. The highest BCUT2D eigenvalue weighted by Gasteiger charge is 2.44. The Morgan fingerprint density at radius 2 is 1.58 bits per heavy atom. The van der Waals surface area contributed by atoms with Crippen molar-refractivity contribution in [2.45, 2.75) is 50.4 Å². The van der Waals surface area contributed by atoms with E-state index in [2.05, 4.69) is 81.1 Å². The maximum absolute atomic E-state index is 8.93. The van der Waals surface area contributed by atoms with Crippen LogP contribution in [0.5, 0.6) is 0 Å². The average molecular weight is 315 g/mol. The third-order valence-electron chi connectivity index (χ3n) is 5.34. The van der Waals surface area contributed by atoms with E-state index in [0.717, 1.165) is 12.8 Å². The summed E-state index contributed by atoms with van der Waals surface area (Å²) in [6.45, 7) is 8.11. The van der Waals surface area contributed by atoms with Crippen LogP contribution in [0.4, 0.5) is 0 Å². The minimum absolute atomic E-state index is 0.117. The number of allylic oxidation sites excluding steroid dienone is 1. The summed E-state index contributed by atoms with van der Waals surface area (Å²) >= 11 is 0. The standard InChI is InChI=1S/C12H14.C11H11N/c1-3-12(7-8-12)11-6-4-5-10(2)9-11;1-9-2-4-10(5-3-9)11(8-12)6-7-11/h3-6,9H,1,7-8H2,2H3;2-5H,6-7H2,1H3. The number of rotatable bonds is 3. The molecule has 2 fully saturated rings. The third-order valence-corrected chi connectivity index (χ3v) is 5.34. The maximum atomic E-state index is 8.93. The molecule has 1 nitrogen and oxygen atoms in total. The second-order valence-electron chi connectivity index (χ2n) is 7.29. The smallest absolute Gasteiger partial charge is 0.0823 e. The molecule has 0 aromatic heterocycles. The Bertz CT molecular complexity index is 768. The Hall–Kier alpha value is -2.33. The normalized spacial score (nSPS) is 18.5. The van der Waals surface area contributed by atoms with Crippen LogP contribution in [0.15, 0.2) is 61.2 Å². The molecule has 2 aromatic carbocycles. The molecule has 2 saturated carbocycles. The SMILES string of the molecule is C=CC1(c2cccc(C)c2)CC1.Cc1ccc(C2(C#N)CC2)cc1. The van der Waals surface area contributed by atoms with E-state index in [-0.39, 0.29) is 5.41 Å². The summed E-state index contributed by atoms with van der Waals surface area (Å²) in [5, 5.41) is 8.93. The fourth-order valence-electron chi connectivity index (χ4n) is 3.16. The lowest BCUT2D eigenvalue weighted by molar-refractivity contribution is 0.892. The fourth-order valence-corrected chi connectivity index (χ4v) is 3.16. The summed E-state index contributed by atoms with van der Waals surface area (Å²) in [6.07, 6.45) is 6.72. The molecule has 0 heterocycles. The minimum atomic E-state index is -0.117. The second kappa shape index (κ2) is 6.29. The molecule has 0 saturated heterocycles. The zero-order valence-electron chi connectivity index (χ0n) is 14.7. The van der Waals surface area contributed by atoms with Crippen molar-refractivity contribution in [2.24, 2.45) is 0 Å². The van der Waals surface area contributed by atoms with Gasteiger partial charge in [0.05, 0.1) is 11.5 Å². The van der Waals surface area contributed by atoms with Gasteiger partial charge in [0.25, 0.3) is 0 Å². The fraction of sp³-hybridized carbons (Fsp3) is 0.348. The Labute approximate surface area is 145 Å². The molecule has 4 rings (SSSR count). The van der Waals surface area contributed by atoms with Crippen molar-refractivity contribution in [1.29, 1.82) is 5.26 Å². The molecule has 1 heteroatoms. The molecule has 0 N–H and O–H groups in total. The molecule has 24 heavy (non-hydrogen) atoms. The van der Waals surface area contributed by atoms with Gasteiger partial charge in [0.15, 0.2) is 0 Å². The molecule has 0 radical (unpaired) electrons. The van der Waals surface area contributed by atoms with Crippen LogP contribution in [0.3, 0.4) is 0 Å². The van der Waals surface area contributed by atoms with Crippen LogP contribution in [0.2, 0.25) is 0 Å². The highest BCUT2D eigenvalue weighted by Crippen LogP contribution is 2.49. The molecule has 2 aliphatic carbocycles. The second-order valence-corrected chi connectivity index (χ2v) is 7.29. The van der Waals surface area contributed by atoms with Gasteiger partial charge in [-0.25, -0.2) is 0 Å². The van der Waals surface area contributed by atoms with Crippen molar-refractivity contribution in [2.75, 3.05) is 0 Å². The highest BCUT2D eigenvalue weighted by molar-refractivity contribution is 5.40. The number of hydrogen-bond acceptors (Lipinski definition) is 1. The predicted octanol–water partition coefficient (Wildman–Crippen LogP) is 5.76. The van der Waals surface area contributed by atoms with Crippen molar-refractivity contribution in [3.63, 3.8) is 0 Å². The van der Waals surface area contributed by atoms with Gasteiger partial charge in [-0.3, -0.25) is 0 Å². The molecule has 2 aromatic rings. The Balaban J connectivity index is 0.000000141. The first kappa shape index (κ1) is 16.5. The van der Waals surface area contributed by atoms with Gasteiger partial charge >= 0.3 is 0 Å². The van der Waals surface area contributed by atoms with Crippen molar-refractivity contribution >= 4 is 0 Å². The van der Waals surface area contributed by atoms with Gasteiger partial charge < -0.3 is 0 Å². The van der Waals surface area contributed by atoms with E-state index in [0.29, 0.717) is 5.41 Å². The van der Waals surface area contributed by atoms with Crippen LogP contribution in [0.25, 0.3) is 0 Å². The van der Waals surface area contributed by atoms with Gasteiger partial charge in [0.1, 0.15) is 0 Å². The van der Waals surface area contributed by atoms with Gasteiger partial charge in [-0.1, -0.05) is 65.7 Å². The summed E-state index contributed by atoms with van der Waals surface area (Å²) < 4.78 is 0. The largest absolute Gasteiger partial charge is 0.197 e. The third kappa shape index (κ3) is 3.29. The summed E-state index contributed by atoms with van der Waals surface area (Å²) in [6, 6.07) is 19.4. The van der Waals surface area contributed by atoms with E-state index in [9.17, 15) is 0 Å². The van der Waals surface area contributed by atoms with E-state index < -0.39 is 0 Å². The predicted molar refractivity (Wildman–Crippen MR) is 100.0 cm³/mol. The lowest BCUT2D eigenvalue weighted by atomic mass is 9.95. The molecule has 0 atom stereocenters. The lowest BCUT2D eigenvalue weighted by Gasteiger charge is -2.09. The van der Waals surface area contributed by atoms with Gasteiger partial charge in [-0.2, -0.15) is 5.26 Å². The average Bonchev–Trinajstić information content (AvgIpc) is 3.50. The van der Waals surface area contributed by atoms with E-state index in [1.54, 1.807) is 0 Å². The molecular formula is C23H25N. The Morgan fingerprint density at radius 3 is 2.04 bits per heavy atom. The van der Waals surface area contributed by atoms with Crippen molar-refractivity contribution in [3.05, 3.63) is 83.4 Å². The van der Waals surface area contributed by atoms with E-state index in [1.165, 1.54) is 35.1 Å². The number of nitriles is 1. The van der Waals surface area contributed by atoms with Gasteiger partial charge in [0.2, 0.25) is 0 Å². The van der Waals surface area contributed by atoms with E-state index in [4.69, 9.17) is 5.26 Å². The van der Waals surface area contributed by atoms with Gasteiger partial charge in [-0.05, 0) is 50.7 Å². The van der Waals surface area contributed by atoms with Crippen LogP contribution in [-0.4, -0.2) is 0 Å². The zero-order chi connectivity index (χ0) is 17.2. The first-order valence-corrected chi connectivity index (χ1v) is 8.73. The number of aryl methyl sites for hydroxylation is 2. The molecule has 0 aliphatic heterocycles. The quantitative estimate of drug-likeness (QED) is 0.660. The van der Waals surface area contributed by atoms with Crippen LogP contribution in [0, 0.1) is 25.2 Å². The van der Waals surface area contributed by atoms with E-state index >= 15 is 0 Å². The number of hydrogen-bond donors (Lipinski definition) is 0. The molecule has 122 valence electrons. The Morgan fingerprint density at radius 1 is 0.917 bits per heavy atom. The lowest BCUT2D eigenvalue weighted by Crippen LogP contribution is -2.01. The first-order valence-electron chi connectivity index (χ1n) is 8.73. The molecule has 0 spiro atoms. The monoisotopic (exact) mass is 315 g/mol.